The Balaban J connectivity index is 1.52. The molecule has 3 aromatic heterocycles. The van der Waals surface area contributed by atoms with Crippen molar-refractivity contribution >= 4 is 32.4 Å². The number of fused-ring (bicyclic) bond motifs is 1. The molecule has 9 nitrogen and oxygen atoms in total. The highest BCUT2D eigenvalue weighted by Gasteiger charge is 2.30. The minimum Gasteiger partial charge on any atom is -0.296 e. The quantitative estimate of drug-likeness (QED) is 0.699. The third-order valence-electron chi connectivity index (χ3n) is 3.98. The lowest BCUT2D eigenvalue weighted by Crippen LogP contribution is -2.35. The molecule has 4 heterocycles. The summed E-state index contributed by atoms with van der Waals surface area (Å²) in [6.07, 6.45) is 7.63. The van der Waals surface area contributed by atoms with E-state index in [2.05, 4.69) is 25.3 Å². The Labute approximate surface area is 159 Å². The molecule has 138 valence electrons. The number of nitrogens with one attached hydrogen (secondary N) is 1. The highest BCUT2D eigenvalue weighted by Crippen LogP contribution is 2.31. The lowest BCUT2D eigenvalue weighted by Gasteiger charge is -2.25. The van der Waals surface area contributed by atoms with E-state index in [9.17, 15) is 13.2 Å². The molecule has 27 heavy (non-hydrogen) atoms. The minimum absolute atomic E-state index is 0.161. The number of aromatic nitrogens is 4. The van der Waals surface area contributed by atoms with Crippen LogP contribution in [0.25, 0.3) is 0 Å². The molecule has 0 bridgehead atoms. The van der Waals surface area contributed by atoms with Crippen molar-refractivity contribution in [1.82, 2.24) is 24.2 Å². The Morgan fingerprint density at radius 3 is 2.78 bits per heavy atom. The lowest BCUT2D eigenvalue weighted by molar-refractivity contribution is 0.102. The van der Waals surface area contributed by atoms with Crippen LogP contribution in [0.1, 0.15) is 21.1 Å². The summed E-state index contributed by atoms with van der Waals surface area (Å²) < 4.78 is 26.9. The Bertz CT molecular complexity index is 1070. The van der Waals surface area contributed by atoms with Gasteiger partial charge >= 0.3 is 0 Å². The smallest absolute Gasteiger partial charge is 0.277 e. The maximum Gasteiger partial charge on any atom is 0.277 e. The first kappa shape index (κ1) is 17.6. The summed E-state index contributed by atoms with van der Waals surface area (Å²) in [7, 11) is -3.62. The number of amides is 1. The summed E-state index contributed by atoms with van der Waals surface area (Å²) in [5.74, 6) is -0.408. The van der Waals surface area contributed by atoms with Gasteiger partial charge in [-0.3, -0.25) is 20.1 Å². The van der Waals surface area contributed by atoms with Crippen LogP contribution in [0.4, 0.5) is 5.13 Å². The summed E-state index contributed by atoms with van der Waals surface area (Å²) in [4.78, 5) is 29.2. The van der Waals surface area contributed by atoms with E-state index in [-0.39, 0.29) is 17.1 Å². The van der Waals surface area contributed by atoms with Gasteiger partial charge in [0.1, 0.15) is 10.6 Å². The van der Waals surface area contributed by atoms with Gasteiger partial charge < -0.3 is 0 Å². The zero-order valence-corrected chi connectivity index (χ0v) is 15.6. The third-order valence-corrected chi connectivity index (χ3v) is 6.81. The van der Waals surface area contributed by atoms with Crippen molar-refractivity contribution in [1.29, 1.82) is 0 Å². The standard InChI is InChI=1S/C16H14N6O3S2/c23-15(13-9-18-5-6-19-13)21-16-20-12-3-7-22(10-14(12)26-16)27(24,25)11-2-1-4-17-8-11/h1-2,4-6,8-9H,3,7,10H2,(H,20,21,23). The first-order chi connectivity index (χ1) is 13.0. The number of carbonyl (C=O) groups excluding carboxylic acids is 1. The number of hydrogen-bond donors (Lipinski definition) is 1. The molecule has 0 saturated carbocycles. The first-order valence-corrected chi connectivity index (χ1v) is 10.3. The largest absolute Gasteiger partial charge is 0.296 e. The lowest BCUT2D eigenvalue weighted by atomic mass is 10.2. The average molecular weight is 402 g/mol. The normalized spacial score (nSPS) is 14.5. The van der Waals surface area contributed by atoms with E-state index < -0.39 is 15.9 Å². The molecule has 1 aliphatic rings. The van der Waals surface area contributed by atoms with Crippen molar-refractivity contribution in [2.45, 2.75) is 17.9 Å². The monoisotopic (exact) mass is 402 g/mol. The van der Waals surface area contributed by atoms with E-state index in [1.165, 1.54) is 52.7 Å². The van der Waals surface area contributed by atoms with E-state index in [1.807, 2.05) is 0 Å². The number of anilines is 1. The van der Waals surface area contributed by atoms with Crippen molar-refractivity contribution in [3.63, 3.8) is 0 Å². The molecule has 4 rings (SSSR count). The van der Waals surface area contributed by atoms with E-state index in [1.54, 1.807) is 6.07 Å². The summed E-state index contributed by atoms with van der Waals surface area (Å²) in [5, 5.41) is 3.10. The first-order valence-electron chi connectivity index (χ1n) is 8.00. The fourth-order valence-corrected chi connectivity index (χ4v) is 5.13. The van der Waals surface area contributed by atoms with Crippen LogP contribution in [0.15, 0.2) is 48.0 Å². The van der Waals surface area contributed by atoms with E-state index in [0.29, 0.717) is 18.1 Å². The predicted octanol–water partition coefficient (Wildman–Crippen LogP) is 1.33. The van der Waals surface area contributed by atoms with Crippen LogP contribution in [-0.2, 0) is 23.0 Å². The van der Waals surface area contributed by atoms with Gasteiger partial charge in [0.05, 0.1) is 18.4 Å². The summed E-state index contributed by atoms with van der Waals surface area (Å²) in [6, 6.07) is 3.12. The van der Waals surface area contributed by atoms with Crippen molar-refractivity contribution in [2.75, 3.05) is 11.9 Å². The molecule has 0 saturated heterocycles. The van der Waals surface area contributed by atoms with Crippen molar-refractivity contribution < 1.29 is 13.2 Å². The summed E-state index contributed by atoms with van der Waals surface area (Å²) in [6.45, 7) is 0.538. The second-order valence-electron chi connectivity index (χ2n) is 5.71. The van der Waals surface area contributed by atoms with Crippen LogP contribution < -0.4 is 5.32 Å². The van der Waals surface area contributed by atoms with Crippen molar-refractivity contribution in [3.05, 3.63) is 59.4 Å². The molecule has 1 amide bonds. The molecule has 3 aromatic rings. The zero-order valence-electron chi connectivity index (χ0n) is 13.9. The van der Waals surface area contributed by atoms with Crippen LogP contribution in [0.3, 0.4) is 0 Å². The van der Waals surface area contributed by atoms with Gasteiger partial charge in [-0.25, -0.2) is 18.4 Å². The molecular formula is C16H14N6O3S2. The predicted molar refractivity (Wildman–Crippen MR) is 97.6 cm³/mol. The molecular weight excluding hydrogens is 388 g/mol. The number of rotatable bonds is 4. The average Bonchev–Trinajstić information content (AvgIpc) is 3.10. The summed E-state index contributed by atoms with van der Waals surface area (Å²) >= 11 is 1.26. The summed E-state index contributed by atoms with van der Waals surface area (Å²) in [5.41, 5.74) is 0.985. The van der Waals surface area contributed by atoms with Gasteiger partial charge in [-0.2, -0.15) is 4.31 Å². The van der Waals surface area contributed by atoms with Crippen LogP contribution in [0.5, 0.6) is 0 Å². The number of pyridine rings is 1. The molecule has 0 aromatic carbocycles. The van der Waals surface area contributed by atoms with E-state index >= 15 is 0 Å². The van der Waals surface area contributed by atoms with Crippen LogP contribution >= 0.6 is 11.3 Å². The second-order valence-corrected chi connectivity index (χ2v) is 8.73. The van der Waals surface area contributed by atoms with Crippen LogP contribution in [-0.4, -0.2) is 45.1 Å². The van der Waals surface area contributed by atoms with Gasteiger partial charge in [-0.15, -0.1) is 11.3 Å². The number of thiazole rings is 1. The second kappa shape index (κ2) is 7.10. The maximum atomic E-state index is 12.8. The van der Waals surface area contributed by atoms with Gasteiger partial charge in [0, 0.05) is 42.6 Å². The molecule has 0 atom stereocenters. The molecule has 1 aliphatic heterocycles. The molecule has 0 fully saturated rings. The number of carbonyl (C=O) groups is 1. The van der Waals surface area contributed by atoms with Crippen molar-refractivity contribution in [2.24, 2.45) is 0 Å². The van der Waals surface area contributed by atoms with Crippen molar-refractivity contribution in [3.8, 4) is 0 Å². The topological polar surface area (TPSA) is 118 Å². The maximum absolute atomic E-state index is 12.8. The van der Waals surface area contributed by atoms with E-state index in [0.717, 1.165) is 10.6 Å². The highest BCUT2D eigenvalue weighted by molar-refractivity contribution is 7.89. The molecule has 0 unspecified atom stereocenters. The Morgan fingerprint density at radius 2 is 2.04 bits per heavy atom. The molecule has 11 heteroatoms. The van der Waals surface area contributed by atoms with Crippen LogP contribution in [0, 0.1) is 0 Å². The van der Waals surface area contributed by atoms with Gasteiger partial charge in [0.2, 0.25) is 10.0 Å². The Morgan fingerprint density at radius 1 is 1.19 bits per heavy atom. The highest BCUT2D eigenvalue weighted by atomic mass is 32.2. The van der Waals surface area contributed by atoms with Crippen LogP contribution in [0.2, 0.25) is 0 Å². The van der Waals surface area contributed by atoms with E-state index in [4.69, 9.17) is 0 Å². The molecule has 0 aliphatic carbocycles. The van der Waals surface area contributed by atoms with Gasteiger partial charge in [0.15, 0.2) is 5.13 Å². The Hall–Kier alpha value is -2.76. The van der Waals surface area contributed by atoms with Gasteiger partial charge in [0.25, 0.3) is 5.91 Å². The zero-order chi connectivity index (χ0) is 18.9. The molecule has 1 N–H and O–H groups in total. The number of nitrogens with zero attached hydrogens (tertiary/aromatic N) is 5. The fraction of sp³-hybridized carbons (Fsp3) is 0.188. The minimum atomic E-state index is -3.62. The molecule has 0 spiro atoms. The van der Waals surface area contributed by atoms with Gasteiger partial charge in [-0.05, 0) is 12.1 Å². The SMILES string of the molecule is O=C(Nc1nc2c(s1)CN(S(=O)(=O)c1cccnc1)CC2)c1cnccn1. The Kier molecular flexibility index (Phi) is 4.64. The molecule has 0 radical (unpaired) electrons. The fourth-order valence-electron chi connectivity index (χ4n) is 2.66. The number of hydrogen-bond acceptors (Lipinski definition) is 8. The van der Waals surface area contributed by atoms with Gasteiger partial charge in [-0.1, -0.05) is 0 Å². The number of sulfonamides is 1. The third kappa shape index (κ3) is 3.56.